The van der Waals surface area contributed by atoms with Crippen molar-refractivity contribution in [1.82, 2.24) is 0 Å². The summed E-state index contributed by atoms with van der Waals surface area (Å²) in [7, 11) is 0. The molecule has 0 aliphatic carbocycles. The Balaban J connectivity index is 2.20. The van der Waals surface area contributed by atoms with Crippen LogP contribution in [0, 0.1) is 0 Å². The van der Waals surface area contributed by atoms with E-state index in [2.05, 4.69) is 31.2 Å². The average molecular weight is 283 g/mol. The van der Waals surface area contributed by atoms with Gasteiger partial charge in [0.1, 0.15) is 6.07 Å². The minimum atomic E-state index is 0.161. The van der Waals surface area contributed by atoms with Crippen molar-refractivity contribution < 1.29 is 4.74 Å². The molecule has 0 heterocycles. The van der Waals surface area contributed by atoms with E-state index in [1.807, 2.05) is 6.07 Å². The van der Waals surface area contributed by atoms with Crippen LogP contribution in [0.1, 0.15) is 70.0 Å². The highest BCUT2D eigenvalue weighted by Crippen LogP contribution is 2.24. The van der Waals surface area contributed by atoms with Crippen LogP contribution < -0.4 is 0 Å². The predicted molar refractivity (Wildman–Crippen MR) is 83.6 cm³/mol. The number of ether oxygens (including phenoxy) is 1. The Morgan fingerprint density at radius 3 is 2.21 bits per heavy atom. The maximum Gasteiger partial charge on any atom is 0.121 e. The average Bonchev–Trinajstić information content (AvgIpc) is 2.46. The van der Waals surface area contributed by atoms with Gasteiger partial charge in [-0.15, -0.1) is 0 Å². The fraction of sp³-hybridized carbons (Fsp3) is 0.647. The Morgan fingerprint density at radius 1 is 0.947 bits per heavy atom. The largest absolute Gasteiger partial charge is 0.358 e. The molecule has 2 heteroatoms. The number of hydrogen-bond donors (Lipinski definition) is 0. The quantitative estimate of drug-likeness (QED) is 0.353. The number of alkyl halides is 1. The molecule has 0 radical (unpaired) electrons. The van der Waals surface area contributed by atoms with Crippen LogP contribution in [0.4, 0.5) is 0 Å². The molecule has 1 unspecified atom stereocenters. The molecule has 1 nitrogen and oxygen atoms in total. The maximum absolute atomic E-state index is 5.72. The number of hydrogen-bond acceptors (Lipinski definition) is 1. The van der Waals surface area contributed by atoms with Gasteiger partial charge in [-0.3, -0.25) is 0 Å². The molecular weight excluding hydrogens is 256 g/mol. The summed E-state index contributed by atoms with van der Waals surface area (Å²) in [5, 5.41) is 0. The Hall–Kier alpha value is -0.530. The minimum Gasteiger partial charge on any atom is -0.358 e. The lowest BCUT2D eigenvalue weighted by atomic mass is 10.0. The van der Waals surface area contributed by atoms with Crippen LogP contribution in [0.15, 0.2) is 30.3 Å². The third-order valence-corrected chi connectivity index (χ3v) is 3.63. The molecule has 1 aromatic rings. The molecule has 0 spiro atoms. The van der Waals surface area contributed by atoms with E-state index in [0.717, 1.165) is 6.42 Å². The third kappa shape index (κ3) is 7.59. The van der Waals surface area contributed by atoms with E-state index < -0.39 is 0 Å². The van der Waals surface area contributed by atoms with Crippen molar-refractivity contribution in [3.8, 4) is 0 Å². The second kappa shape index (κ2) is 11.3. The highest BCUT2D eigenvalue weighted by molar-refractivity contribution is 6.17. The first kappa shape index (κ1) is 16.5. The van der Waals surface area contributed by atoms with Crippen LogP contribution in [0.5, 0.6) is 0 Å². The second-order valence-corrected chi connectivity index (χ2v) is 5.30. The molecule has 0 saturated carbocycles. The second-order valence-electron chi connectivity index (χ2n) is 5.09. The van der Waals surface area contributed by atoms with E-state index >= 15 is 0 Å². The summed E-state index contributed by atoms with van der Waals surface area (Å²) in [5.74, 6) is 0. The topological polar surface area (TPSA) is 9.23 Å². The van der Waals surface area contributed by atoms with Gasteiger partial charge in [0, 0.05) is 0 Å². The van der Waals surface area contributed by atoms with Gasteiger partial charge in [-0.05, 0) is 12.0 Å². The van der Waals surface area contributed by atoms with E-state index in [1.54, 1.807) is 0 Å². The number of halogens is 1. The van der Waals surface area contributed by atoms with E-state index in [9.17, 15) is 0 Å². The zero-order chi connectivity index (χ0) is 13.8. The van der Waals surface area contributed by atoms with Crippen LogP contribution in [0.25, 0.3) is 0 Å². The Labute approximate surface area is 123 Å². The van der Waals surface area contributed by atoms with E-state index in [4.69, 9.17) is 16.3 Å². The zero-order valence-electron chi connectivity index (χ0n) is 12.1. The molecule has 108 valence electrons. The molecule has 1 rings (SSSR count). The lowest BCUT2D eigenvalue weighted by Gasteiger charge is -2.16. The first-order valence-corrected chi connectivity index (χ1v) is 8.14. The van der Waals surface area contributed by atoms with E-state index in [1.165, 1.54) is 50.5 Å². The summed E-state index contributed by atoms with van der Waals surface area (Å²) in [5.41, 5.74) is 1.24. The fourth-order valence-electron chi connectivity index (χ4n) is 2.38. The molecule has 19 heavy (non-hydrogen) atoms. The summed E-state index contributed by atoms with van der Waals surface area (Å²) in [6.45, 7) is 2.26. The molecule has 1 atom stereocenters. The standard InChI is InChI=1S/C17H27ClO/c1-2-3-4-5-6-7-11-14-17(19-15-18)16-12-9-8-10-13-16/h8-10,12-13,17H,2-7,11,14-15H2,1H3. The van der Waals surface area contributed by atoms with Crippen LogP contribution in [0.2, 0.25) is 0 Å². The third-order valence-electron chi connectivity index (χ3n) is 3.51. The van der Waals surface area contributed by atoms with Gasteiger partial charge >= 0.3 is 0 Å². The van der Waals surface area contributed by atoms with E-state index in [-0.39, 0.29) is 12.2 Å². The van der Waals surface area contributed by atoms with Crippen molar-refractivity contribution in [1.29, 1.82) is 0 Å². The summed E-state index contributed by atoms with van der Waals surface area (Å²) in [6, 6.07) is 10.7. The number of rotatable bonds is 11. The lowest BCUT2D eigenvalue weighted by molar-refractivity contribution is 0.0780. The summed E-state index contributed by atoms with van der Waals surface area (Å²) in [4.78, 5) is 0. The van der Waals surface area contributed by atoms with Crippen LogP contribution in [-0.4, -0.2) is 6.07 Å². The normalized spacial score (nSPS) is 12.5. The van der Waals surface area contributed by atoms with Crippen molar-refractivity contribution >= 4 is 11.6 Å². The molecule has 0 aromatic heterocycles. The van der Waals surface area contributed by atoms with Crippen molar-refractivity contribution in [2.45, 2.75) is 64.4 Å². The zero-order valence-corrected chi connectivity index (χ0v) is 12.9. The smallest absolute Gasteiger partial charge is 0.121 e. The molecule has 0 fully saturated rings. The Morgan fingerprint density at radius 2 is 1.58 bits per heavy atom. The monoisotopic (exact) mass is 282 g/mol. The van der Waals surface area contributed by atoms with Gasteiger partial charge in [0.25, 0.3) is 0 Å². The summed E-state index contributed by atoms with van der Waals surface area (Å²) in [6.07, 6.45) is 10.6. The molecule has 0 saturated heterocycles. The predicted octanol–water partition coefficient (Wildman–Crippen LogP) is 6.08. The summed E-state index contributed by atoms with van der Waals surface area (Å²) >= 11 is 5.72. The molecule has 0 aliphatic rings. The maximum atomic E-state index is 5.72. The van der Waals surface area contributed by atoms with Gasteiger partial charge in [-0.25, -0.2) is 0 Å². The number of unbranched alkanes of at least 4 members (excludes halogenated alkanes) is 6. The van der Waals surface area contributed by atoms with Crippen molar-refractivity contribution in [3.05, 3.63) is 35.9 Å². The van der Waals surface area contributed by atoms with Gasteiger partial charge in [0.2, 0.25) is 0 Å². The van der Waals surface area contributed by atoms with Crippen molar-refractivity contribution in [3.63, 3.8) is 0 Å². The SMILES string of the molecule is CCCCCCCCCC(OCCl)c1ccccc1. The molecule has 0 N–H and O–H groups in total. The Kier molecular flexibility index (Phi) is 9.84. The molecule has 0 aliphatic heterocycles. The number of benzene rings is 1. The highest BCUT2D eigenvalue weighted by Gasteiger charge is 2.10. The van der Waals surface area contributed by atoms with Gasteiger partial charge in [0.05, 0.1) is 6.10 Å². The first-order chi connectivity index (χ1) is 9.38. The highest BCUT2D eigenvalue weighted by atomic mass is 35.5. The first-order valence-electron chi connectivity index (χ1n) is 7.61. The lowest BCUT2D eigenvalue weighted by Crippen LogP contribution is -2.03. The summed E-state index contributed by atoms with van der Waals surface area (Å²) < 4.78 is 5.64. The van der Waals surface area contributed by atoms with Gasteiger partial charge < -0.3 is 4.74 Å². The van der Waals surface area contributed by atoms with Crippen LogP contribution in [-0.2, 0) is 4.74 Å². The van der Waals surface area contributed by atoms with Crippen LogP contribution in [0.3, 0.4) is 0 Å². The Bertz CT molecular complexity index is 299. The van der Waals surface area contributed by atoms with Crippen molar-refractivity contribution in [2.24, 2.45) is 0 Å². The fourth-order valence-corrected chi connectivity index (χ4v) is 2.53. The molecule has 0 bridgehead atoms. The molecule has 1 aromatic carbocycles. The molecule has 0 amide bonds. The van der Waals surface area contributed by atoms with Gasteiger partial charge in [-0.1, -0.05) is 93.8 Å². The van der Waals surface area contributed by atoms with Gasteiger partial charge in [0.15, 0.2) is 0 Å². The van der Waals surface area contributed by atoms with Crippen LogP contribution >= 0.6 is 11.6 Å². The minimum absolute atomic E-state index is 0.161. The van der Waals surface area contributed by atoms with E-state index in [0.29, 0.717) is 0 Å². The van der Waals surface area contributed by atoms with Gasteiger partial charge in [-0.2, -0.15) is 0 Å². The molecular formula is C17H27ClO. The van der Waals surface area contributed by atoms with Crippen molar-refractivity contribution in [2.75, 3.05) is 6.07 Å².